The molecule has 0 radical (unpaired) electrons. The Labute approximate surface area is 155 Å². The van der Waals surface area contributed by atoms with Crippen LogP contribution in [-0.2, 0) is 20.8 Å². The van der Waals surface area contributed by atoms with Gasteiger partial charge in [0, 0.05) is 44.6 Å². The number of carbonyl (C=O) groups excluding carboxylic acids is 1. The van der Waals surface area contributed by atoms with Crippen LogP contribution in [0.4, 0.5) is 0 Å². The van der Waals surface area contributed by atoms with Crippen LogP contribution < -0.4 is 0 Å². The summed E-state index contributed by atoms with van der Waals surface area (Å²) in [6.45, 7) is 5.38. The molecule has 6 heteroatoms. The highest BCUT2D eigenvalue weighted by Gasteiger charge is 2.41. The van der Waals surface area contributed by atoms with Gasteiger partial charge in [-0.05, 0) is 43.2 Å². The van der Waals surface area contributed by atoms with E-state index in [1.165, 1.54) is 5.56 Å². The average Bonchev–Trinajstić information content (AvgIpc) is 3.33. The summed E-state index contributed by atoms with van der Waals surface area (Å²) in [4.78, 5) is 20.8. The summed E-state index contributed by atoms with van der Waals surface area (Å²) in [6.07, 6.45) is 8.43. The third-order valence-corrected chi connectivity index (χ3v) is 5.90. The summed E-state index contributed by atoms with van der Waals surface area (Å²) in [7, 11) is 0. The fourth-order valence-corrected chi connectivity index (χ4v) is 4.55. The van der Waals surface area contributed by atoms with E-state index in [0.29, 0.717) is 24.7 Å². The van der Waals surface area contributed by atoms with Gasteiger partial charge in [0.2, 0.25) is 5.91 Å². The fraction of sp³-hybridized carbons (Fsp3) is 0.700. The van der Waals surface area contributed by atoms with Crippen molar-refractivity contribution in [3.05, 3.63) is 30.1 Å². The number of hydrogen-bond acceptors (Lipinski definition) is 5. The first kappa shape index (κ1) is 17.9. The molecule has 26 heavy (non-hydrogen) atoms. The van der Waals surface area contributed by atoms with E-state index < -0.39 is 0 Å². The van der Waals surface area contributed by atoms with Gasteiger partial charge in [-0.15, -0.1) is 0 Å². The Hall–Kier alpha value is -1.50. The van der Waals surface area contributed by atoms with Crippen molar-refractivity contribution in [1.29, 1.82) is 0 Å². The number of carbonyl (C=O) groups is 1. The van der Waals surface area contributed by atoms with Gasteiger partial charge < -0.3 is 14.4 Å². The van der Waals surface area contributed by atoms with Crippen molar-refractivity contribution in [2.24, 2.45) is 5.92 Å². The molecule has 3 atom stereocenters. The first-order chi connectivity index (χ1) is 12.8. The number of hydrogen-bond donors (Lipinski definition) is 0. The molecule has 2 saturated heterocycles. The predicted octanol–water partition coefficient (Wildman–Crippen LogP) is 1.70. The molecule has 3 fully saturated rings. The molecule has 142 valence electrons. The van der Waals surface area contributed by atoms with Gasteiger partial charge in [0.15, 0.2) is 0 Å². The second-order valence-corrected chi connectivity index (χ2v) is 7.75. The third kappa shape index (κ3) is 4.24. The van der Waals surface area contributed by atoms with Crippen LogP contribution in [0.3, 0.4) is 0 Å². The first-order valence-corrected chi connectivity index (χ1v) is 9.89. The quantitative estimate of drug-likeness (QED) is 0.774. The van der Waals surface area contributed by atoms with E-state index in [9.17, 15) is 4.79 Å². The maximum atomic E-state index is 12.1. The second-order valence-electron chi connectivity index (χ2n) is 7.75. The predicted molar refractivity (Wildman–Crippen MR) is 97.5 cm³/mol. The fourth-order valence-electron chi connectivity index (χ4n) is 4.55. The smallest absolute Gasteiger partial charge is 0.248 e. The molecule has 6 nitrogen and oxygen atoms in total. The van der Waals surface area contributed by atoms with Gasteiger partial charge in [-0.25, -0.2) is 0 Å². The highest BCUT2D eigenvalue weighted by atomic mass is 16.5. The zero-order valence-corrected chi connectivity index (χ0v) is 15.4. The van der Waals surface area contributed by atoms with Gasteiger partial charge >= 0.3 is 0 Å². The Kier molecular flexibility index (Phi) is 5.82. The number of fused-ring (bicyclic) bond motifs is 1. The molecule has 0 aromatic carbocycles. The van der Waals surface area contributed by atoms with Gasteiger partial charge in [-0.3, -0.25) is 14.7 Å². The van der Waals surface area contributed by atoms with Crippen molar-refractivity contribution in [1.82, 2.24) is 14.8 Å². The monoisotopic (exact) mass is 359 g/mol. The van der Waals surface area contributed by atoms with Crippen LogP contribution in [0.5, 0.6) is 0 Å². The number of amides is 1. The molecule has 1 aliphatic carbocycles. The first-order valence-electron chi connectivity index (χ1n) is 9.89. The molecule has 1 amide bonds. The molecule has 4 rings (SSSR count). The molecule has 1 aromatic rings. The summed E-state index contributed by atoms with van der Waals surface area (Å²) in [6, 6.07) is 4.58. The summed E-state index contributed by atoms with van der Waals surface area (Å²) >= 11 is 0. The van der Waals surface area contributed by atoms with Crippen LogP contribution in [0.1, 0.15) is 31.2 Å². The van der Waals surface area contributed by atoms with Crippen molar-refractivity contribution in [2.45, 2.75) is 44.4 Å². The second kappa shape index (κ2) is 8.46. The minimum absolute atomic E-state index is 0.146. The number of ether oxygens (including phenoxy) is 2. The molecule has 0 N–H and O–H groups in total. The number of morpholine rings is 1. The zero-order chi connectivity index (χ0) is 17.8. The lowest BCUT2D eigenvalue weighted by molar-refractivity contribution is -0.135. The number of aromatic nitrogens is 1. The van der Waals surface area contributed by atoms with E-state index in [1.807, 2.05) is 23.4 Å². The van der Waals surface area contributed by atoms with Crippen molar-refractivity contribution in [2.75, 3.05) is 39.5 Å². The van der Waals surface area contributed by atoms with Gasteiger partial charge in [0.05, 0.1) is 19.3 Å². The lowest BCUT2D eigenvalue weighted by atomic mass is 10.1. The highest BCUT2D eigenvalue weighted by Crippen LogP contribution is 2.35. The normalized spacial score (nSPS) is 29.1. The number of nitrogens with zero attached hydrogens (tertiary/aromatic N) is 3. The van der Waals surface area contributed by atoms with E-state index in [1.54, 1.807) is 0 Å². The summed E-state index contributed by atoms with van der Waals surface area (Å²) in [5.74, 6) is 0.623. The van der Waals surface area contributed by atoms with E-state index in [0.717, 1.165) is 58.5 Å². The maximum absolute atomic E-state index is 12.1. The van der Waals surface area contributed by atoms with Crippen LogP contribution in [0.2, 0.25) is 0 Å². The Morgan fingerprint density at radius 1 is 1.27 bits per heavy atom. The number of rotatable bonds is 6. The largest absolute Gasteiger partial charge is 0.375 e. The van der Waals surface area contributed by atoms with Gasteiger partial charge in [0.1, 0.15) is 6.61 Å². The van der Waals surface area contributed by atoms with Crippen molar-refractivity contribution >= 4 is 5.91 Å². The van der Waals surface area contributed by atoms with E-state index in [2.05, 4.69) is 16.0 Å². The van der Waals surface area contributed by atoms with Crippen LogP contribution in [-0.4, -0.2) is 72.3 Å². The zero-order valence-electron chi connectivity index (χ0n) is 15.4. The van der Waals surface area contributed by atoms with Gasteiger partial charge in [0.25, 0.3) is 0 Å². The standard InChI is InChI=1S/C20H29N3O3/c24-20(22-6-1-2-7-22)15-25-14-17-10-18-19(11-17)26-9-8-23(18)13-16-4-3-5-21-12-16/h3-5,12,17-19H,1-2,6-11,13-15H2/t17-,18+,19-/m0/s1. The van der Waals surface area contributed by atoms with Crippen LogP contribution in [0, 0.1) is 5.92 Å². The van der Waals surface area contributed by atoms with Crippen LogP contribution >= 0.6 is 0 Å². The van der Waals surface area contributed by atoms with Gasteiger partial charge in [-0.1, -0.05) is 6.07 Å². The molecular weight excluding hydrogens is 330 g/mol. The molecule has 3 heterocycles. The Morgan fingerprint density at radius 3 is 2.96 bits per heavy atom. The maximum Gasteiger partial charge on any atom is 0.248 e. The van der Waals surface area contributed by atoms with Crippen molar-refractivity contribution in [3.8, 4) is 0 Å². The Bertz CT molecular complexity index is 591. The minimum atomic E-state index is 0.146. The lowest BCUT2D eigenvalue weighted by Crippen LogP contribution is -2.47. The number of pyridine rings is 1. The average molecular weight is 359 g/mol. The Morgan fingerprint density at radius 2 is 2.15 bits per heavy atom. The molecular formula is C20H29N3O3. The summed E-state index contributed by atoms with van der Waals surface area (Å²) < 4.78 is 11.8. The molecule has 1 saturated carbocycles. The Balaban J connectivity index is 1.25. The molecule has 3 aliphatic rings. The van der Waals surface area contributed by atoms with E-state index in [4.69, 9.17) is 9.47 Å². The van der Waals surface area contributed by atoms with Gasteiger partial charge in [-0.2, -0.15) is 0 Å². The van der Waals surface area contributed by atoms with Crippen LogP contribution in [0.25, 0.3) is 0 Å². The number of likely N-dealkylation sites (tertiary alicyclic amines) is 1. The SMILES string of the molecule is O=C(COC[C@@H]1C[C@@H]2OCCN(Cc3cccnc3)[C@@H]2C1)N1CCCC1. The summed E-state index contributed by atoms with van der Waals surface area (Å²) in [5, 5.41) is 0. The third-order valence-electron chi connectivity index (χ3n) is 5.90. The van der Waals surface area contributed by atoms with Crippen molar-refractivity contribution in [3.63, 3.8) is 0 Å². The molecule has 0 spiro atoms. The van der Waals surface area contributed by atoms with E-state index >= 15 is 0 Å². The minimum Gasteiger partial charge on any atom is -0.375 e. The highest BCUT2D eigenvalue weighted by molar-refractivity contribution is 5.77. The van der Waals surface area contributed by atoms with Crippen molar-refractivity contribution < 1.29 is 14.3 Å². The summed E-state index contributed by atoms with van der Waals surface area (Å²) in [5.41, 5.74) is 1.25. The molecule has 2 aliphatic heterocycles. The lowest BCUT2D eigenvalue weighted by Gasteiger charge is -2.37. The topological polar surface area (TPSA) is 54.9 Å². The van der Waals surface area contributed by atoms with Crippen LogP contribution in [0.15, 0.2) is 24.5 Å². The molecule has 0 unspecified atom stereocenters. The van der Waals surface area contributed by atoms with E-state index in [-0.39, 0.29) is 12.5 Å². The molecule has 1 aromatic heterocycles. The molecule has 0 bridgehead atoms.